The second kappa shape index (κ2) is 5.10. The molecule has 3 saturated heterocycles. The third-order valence-corrected chi connectivity index (χ3v) is 6.41. The first-order valence-electron chi connectivity index (χ1n) is 8.63. The number of carbonyl (C=O) groups is 2. The molecule has 8 heteroatoms. The van der Waals surface area contributed by atoms with Gasteiger partial charge in [-0.3, -0.25) is 9.59 Å². The summed E-state index contributed by atoms with van der Waals surface area (Å²) in [6.45, 7) is 5.53. The Morgan fingerprint density at radius 2 is 1.85 bits per heavy atom. The zero-order valence-corrected chi connectivity index (χ0v) is 14.9. The molecule has 27 heavy (non-hydrogen) atoms. The highest BCUT2D eigenvalue weighted by Crippen LogP contribution is 2.63. The van der Waals surface area contributed by atoms with Crippen molar-refractivity contribution in [3.8, 4) is 6.07 Å². The van der Waals surface area contributed by atoms with Gasteiger partial charge in [-0.25, -0.2) is 4.90 Å². The molecule has 0 aromatic heterocycles. The summed E-state index contributed by atoms with van der Waals surface area (Å²) in [6.07, 6.45) is -4.16. The molecule has 3 aliphatic heterocycles. The minimum atomic E-state index is -4.77. The van der Waals surface area contributed by atoms with Crippen molar-refractivity contribution in [2.75, 3.05) is 4.90 Å². The Kier molecular flexibility index (Phi) is 3.40. The Hall–Kier alpha value is -2.40. The Morgan fingerprint density at radius 1 is 1.22 bits per heavy atom. The standard InChI is InChI=1S/C19H17F3N2O3/c1-9-7-17(2)13-14(18(9,3)27-17)16(26)24(15(13)25)11-5-4-10(8-23)12(6-11)19(20,21)22/h4-6,9,13-14H,7H2,1-3H3/t9-,13-,14+,17-,18+/m1/s1. The van der Waals surface area contributed by atoms with Crippen molar-refractivity contribution >= 4 is 17.5 Å². The average Bonchev–Trinajstić information content (AvgIpc) is 3.07. The molecule has 2 bridgehead atoms. The maximum Gasteiger partial charge on any atom is 0.417 e. The minimum Gasteiger partial charge on any atom is -0.367 e. The second-order valence-electron chi connectivity index (χ2n) is 8.01. The lowest BCUT2D eigenvalue weighted by atomic mass is 9.64. The highest BCUT2D eigenvalue weighted by molar-refractivity contribution is 6.23. The Balaban J connectivity index is 1.81. The van der Waals surface area contributed by atoms with Crippen LogP contribution in [0.15, 0.2) is 18.2 Å². The van der Waals surface area contributed by atoms with E-state index >= 15 is 0 Å². The number of anilines is 1. The van der Waals surface area contributed by atoms with Gasteiger partial charge in [0.05, 0.1) is 45.9 Å². The summed E-state index contributed by atoms with van der Waals surface area (Å²) in [5, 5.41) is 8.93. The number of carbonyl (C=O) groups excluding carboxylic acids is 2. The zero-order valence-electron chi connectivity index (χ0n) is 14.9. The lowest BCUT2D eigenvalue weighted by Crippen LogP contribution is -2.45. The number of fused-ring (bicyclic) bond motifs is 5. The van der Waals surface area contributed by atoms with Crippen LogP contribution in [0.2, 0.25) is 0 Å². The summed E-state index contributed by atoms with van der Waals surface area (Å²) >= 11 is 0. The Bertz CT molecular complexity index is 922. The number of benzene rings is 1. The molecule has 0 saturated carbocycles. The summed E-state index contributed by atoms with van der Waals surface area (Å²) in [5.41, 5.74) is -3.50. The summed E-state index contributed by atoms with van der Waals surface area (Å²) in [7, 11) is 0. The van der Waals surface area contributed by atoms with Crippen molar-refractivity contribution in [1.29, 1.82) is 5.26 Å². The summed E-state index contributed by atoms with van der Waals surface area (Å²) in [5.74, 6) is -2.46. The van der Waals surface area contributed by atoms with E-state index in [1.165, 1.54) is 12.1 Å². The van der Waals surface area contributed by atoms with Gasteiger partial charge in [0, 0.05) is 0 Å². The molecule has 1 aromatic rings. The van der Waals surface area contributed by atoms with Crippen LogP contribution in [-0.2, 0) is 20.5 Å². The molecule has 0 spiro atoms. The number of nitriles is 1. The molecule has 0 N–H and O–H groups in total. The number of ether oxygens (including phenoxy) is 1. The van der Waals surface area contributed by atoms with Crippen molar-refractivity contribution in [3.63, 3.8) is 0 Å². The zero-order chi connectivity index (χ0) is 19.9. The topological polar surface area (TPSA) is 70.4 Å². The number of hydrogen-bond acceptors (Lipinski definition) is 4. The van der Waals surface area contributed by atoms with Gasteiger partial charge in [0.2, 0.25) is 11.8 Å². The first-order valence-corrected chi connectivity index (χ1v) is 8.63. The SMILES string of the molecule is C[C@@H]1C[C@@]2(C)O[C@]1(C)[C@@H]1C(=O)N(c3ccc(C#N)c(C(F)(F)F)c3)C(=O)[C@@H]12. The van der Waals surface area contributed by atoms with E-state index < -0.39 is 52.2 Å². The molecule has 5 atom stereocenters. The number of rotatable bonds is 1. The first kappa shape index (κ1) is 18.0. The number of hydrogen-bond donors (Lipinski definition) is 0. The number of amides is 2. The second-order valence-corrected chi connectivity index (χ2v) is 8.01. The highest BCUT2D eigenvalue weighted by atomic mass is 19.4. The van der Waals surface area contributed by atoms with Crippen molar-refractivity contribution in [1.82, 2.24) is 0 Å². The third-order valence-electron chi connectivity index (χ3n) is 6.41. The van der Waals surface area contributed by atoms with Crippen molar-refractivity contribution in [2.45, 2.75) is 44.6 Å². The quantitative estimate of drug-likeness (QED) is 0.704. The lowest BCUT2D eigenvalue weighted by molar-refractivity contribution is -0.138. The minimum absolute atomic E-state index is 0.0483. The van der Waals surface area contributed by atoms with Gasteiger partial charge in [-0.2, -0.15) is 18.4 Å². The fourth-order valence-electron chi connectivity index (χ4n) is 5.14. The predicted molar refractivity (Wildman–Crippen MR) is 87.3 cm³/mol. The molecule has 3 fully saturated rings. The van der Waals surface area contributed by atoms with Gasteiger partial charge in [-0.15, -0.1) is 0 Å². The first-order chi connectivity index (χ1) is 12.4. The summed E-state index contributed by atoms with van der Waals surface area (Å²) in [6, 6.07) is 4.40. The largest absolute Gasteiger partial charge is 0.417 e. The van der Waals surface area contributed by atoms with Crippen molar-refractivity contribution < 1.29 is 27.5 Å². The van der Waals surface area contributed by atoms with Gasteiger partial charge in [0.1, 0.15) is 0 Å². The van der Waals surface area contributed by atoms with Crippen LogP contribution in [0.1, 0.15) is 38.3 Å². The number of halogens is 3. The maximum atomic E-state index is 13.3. The van der Waals surface area contributed by atoms with Crippen LogP contribution in [0.5, 0.6) is 0 Å². The van der Waals surface area contributed by atoms with E-state index in [1.54, 1.807) is 13.8 Å². The van der Waals surface area contributed by atoms with Gasteiger partial charge in [-0.1, -0.05) is 6.92 Å². The summed E-state index contributed by atoms with van der Waals surface area (Å²) < 4.78 is 45.9. The number of alkyl halides is 3. The van der Waals surface area contributed by atoms with Gasteiger partial charge in [-0.05, 0) is 44.4 Å². The molecular formula is C19H17F3N2O3. The molecule has 5 nitrogen and oxygen atoms in total. The maximum absolute atomic E-state index is 13.3. The molecule has 142 valence electrons. The van der Waals surface area contributed by atoms with E-state index in [0.717, 1.165) is 11.0 Å². The molecule has 0 unspecified atom stereocenters. The molecule has 3 heterocycles. The van der Waals surface area contributed by atoms with Crippen LogP contribution in [-0.4, -0.2) is 23.0 Å². The lowest BCUT2D eigenvalue weighted by Gasteiger charge is -2.33. The predicted octanol–water partition coefficient (Wildman–Crippen LogP) is 3.27. The van der Waals surface area contributed by atoms with Crippen LogP contribution in [0.4, 0.5) is 18.9 Å². The van der Waals surface area contributed by atoms with Crippen molar-refractivity contribution in [2.24, 2.45) is 17.8 Å². The average molecular weight is 378 g/mol. The number of nitrogens with zero attached hydrogens (tertiary/aromatic N) is 2. The Labute approximate surface area is 153 Å². The van der Waals surface area contributed by atoms with E-state index in [4.69, 9.17) is 10.00 Å². The van der Waals surface area contributed by atoms with E-state index in [0.29, 0.717) is 12.5 Å². The van der Waals surface area contributed by atoms with Crippen LogP contribution in [0.3, 0.4) is 0 Å². The van der Waals surface area contributed by atoms with E-state index in [9.17, 15) is 22.8 Å². The van der Waals surface area contributed by atoms with Gasteiger partial charge >= 0.3 is 6.18 Å². The Morgan fingerprint density at radius 3 is 2.44 bits per heavy atom. The van der Waals surface area contributed by atoms with Crippen molar-refractivity contribution in [3.05, 3.63) is 29.3 Å². The van der Waals surface area contributed by atoms with Gasteiger partial charge in [0.25, 0.3) is 0 Å². The molecular weight excluding hydrogens is 361 g/mol. The monoisotopic (exact) mass is 378 g/mol. The number of imide groups is 1. The molecule has 0 aliphatic carbocycles. The van der Waals surface area contributed by atoms with E-state index in [-0.39, 0.29) is 11.6 Å². The molecule has 4 rings (SSSR count). The van der Waals surface area contributed by atoms with Crippen LogP contribution >= 0.6 is 0 Å². The van der Waals surface area contributed by atoms with Gasteiger partial charge < -0.3 is 4.74 Å². The van der Waals surface area contributed by atoms with Crippen LogP contribution in [0, 0.1) is 29.1 Å². The molecule has 0 radical (unpaired) electrons. The van der Waals surface area contributed by atoms with E-state index in [1.807, 2.05) is 6.92 Å². The van der Waals surface area contributed by atoms with Gasteiger partial charge in [0.15, 0.2) is 0 Å². The fraction of sp³-hybridized carbons (Fsp3) is 0.526. The fourth-order valence-corrected chi connectivity index (χ4v) is 5.14. The van der Waals surface area contributed by atoms with Crippen LogP contribution in [0.25, 0.3) is 0 Å². The third kappa shape index (κ3) is 2.15. The normalized spacial score (nSPS) is 37.7. The molecule has 3 aliphatic rings. The molecule has 2 amide bonds. The molecule has 1 aromatic carbocycles. The highest BCUT2D eigenvalue weighted by Gasteiger charge is 2.74. The summed E-state index contributed by atoms with van der Waals surface area (Å²) in [4.78, 5) is 26.9. The smallest absolute Gasteiger partial charge is 0.367 e. The van der Waals surface area contributed by atoms with E-state index in [2.05, 4.69) is 0 Å². The van der Waals surface area contributed by atoms with Crippen LogP contribution < -0.4 is 4.90 Å².